The number of ketones is 1. The van der Waals surface area contributed by atoms with Crippen molar-refractivity contribution >= 4 is 40.2 Å². The van der Waals surface area contributed by atoms with Gasteiger partial charge in [-0.15, -0.1) is 0 Å². The van der Waals surface area contributed by atoms with Gasteiger partial charge in [0.25, 0.3) is 0 Å². The predicted octanol–water partition coefficient (Wildman–Crippen LogP) is 5.50. The van der Waals surface area contributed by atoms with E-state index in [0.717, 1.165) is 17.3 Å². The summed E-state index contributed by atoms with van der Waals surface area (Å²) in [5.74, 6) is -3.37. The maximum absolute atomic E-state index is 17.6. The molecule has 226 valence electrons. The molecule has 7 nitrogen and oxygen atoms in total. The van der Waals surface area contributed by atoms with Gasteiger partial charge in [-0.05, 0) is 66.8 Å². The molecule has 5 aliphatic rings. The number of halogens is 3. The average Bonchev–Trinajstić information content (AvgIpc) is 3.40. The molecule has 0 unspecified atom stereocenters. The number of aliphatic hydroxyl groups excluding tert-OH is 1. The summed E-state index contributed by atoms with van der Waals surface area (Å²) in [4.78, 5) is 44.4. The number of carbonyl (C=O) groups excluding carboxylic acids is 3. The Morgan fingerprint density at radius 1 is 1.24 bits per heavy atom. The van der Waals surface area contributed by atoms with Crippen LogP contribution in [0.3, 0.4) is 0 Å². The lowest BCUT2D eigenvalue weighted by Crippen LogP contribution is -2.69. The monoisotopic (exact) mass is 621 g/mol. The van der Waals surface area contributed by atoms with Crippen LogP contribution in [0.4, 0.5) is 8.78 Å². The maximum atomic E-state index is 17.6. The van der Waals surface area contributed by atoms with Crippen molar-refractivity contribution in [2.24, 2.45) is 28.6 Å². The summed E-state index contributed by atoms with van der Waals surface area (Å²) in [6.45, 7) is 5.40. The highest BCUT2D eigenvalue weighted by Gasteiger charge is 2.79. The first kappa shape index (κ1) is 29.9. The molecule has 0 aromatic heterocycles. The fourth-order valence-electron chi connectivity index (χ4n) is 8.80. The fourth-order valence-corrected chi connectivity index (χ4v) is 9.91. The molecule has 11 heteroatoms. The molecular weight excluding hydrogens is 588 g/mol. The molecule has 4 aliphatic carbocycles. The Bertz CT molecular complexity index is 1400. The fraction of sp³-hybridized carbons (Fsp3) is 0.581. The number of ether oxygens (including phenoxy) is 1. The molecule has 0 amide bonds. The second-order valence-corrected chi connectivity index (χ2v) is 14.1. The summed E-state index contributed by atoms with van der Waals surface area (Å²) in [5.41, 5.74) is -5.24. The van der Waals surface area contributed by atoms with Gasteiger partial charge < -0.3 is 9.84 Å². The highest BCUT2D eigenvalue weighted by atomic mass is 35.5. The van der Waals surface area contributed by atoms with Crippen LogP contribution in [0.15, 0.2) is 47.8 Å². The zero-order valence-corrected chi connectivity index (χ0v) is 25.3. The van der Waals surface area contributed by atoms with Gasteiger partial charge in [0, 0.05) is 60.5 Å². The molecule has 1 aliphatic heterocycles. The van der Waals surface area contributed by atoms with Crippen molar-refractivity contribution in [3.8, 4) is 0 Å². The third kappa shape index (κ3) is 4.12. The van der Waals surface area contributed by atoms with Gasteiger partial charge in [0.2, 0.25) is 5.12 Å². The summed E-state index contributed by atoms with van der Waals surface area (Å²) in [5, 5.41) is 13.7. The Balaban J connectivity index is 1.39. The van der Waals surface area contributed by atoms with Crippen LogP contribution < -0.4 is 0 Å². The van der Waals surface area contributed by atoms with Gasteiger partial charge in [0.15, 0.2) is 17.1 Å². The van der Waals surface area contributed by atoms with E-state index in [9.17, 15) is 19.5 Å². The third-order valence-corrected chi connectivity index (χ3v) is 11.8. The quantitative estimate of drug-likeness (QED) is 0.340. The molecule has 1 N–H and O–H groups in total. The zero-order chi connectivity index (χ0) is 30.2. The van der Waals surface area contributed by atoms with Gasteiger partial charge in [-0.2, -0.15) is 5.06 Å². The van der Waals surface area contributed by atoms with Crippen LogP contribution >= 0.6 is 23.4 Å². The Labute approximate surface area is 252 Å². The van der Waals surface area contributed by atoms with Crippen molar-refractivity contribution in [1.29, 1.82) is 0 Å². The number of carbonyl (C=O) groups is 3. The van der Waals surface area contributed by atoms with Crippen molar-refractivity contribution in [1.82, 2.24) is 5.06 Å². The topological polar surface area (TPSA) is 93.1 Å². The molecule has 1 aromatic carbocycles. The number of benzene rings is 1. The van der Waals surface area contributed by atoms with Gasteiger partial charge in [-0.3, -0.25) is 19.2 Å². The highest BCUT2D eigenvalue weighted by Crippen LogP contribution is 2.73. The Kier molecular flexibility index (Phi) is 7.29. The normalized spacial score (nSPS) is 40.8. The van der Waals surface area contributed by atoms with E-state index in [4.69, 9.17) is 21.2 Å². The summed E-state index contributed by atoms with van der Waals surface area (Å²) in [6, 6.07) is 7.28. The molecule has 1 aromatic rings. The summed E-state index contributed by atoms with van der Waals surface area (Å²) >= 11 is 6.88. The molecule has 0 bridgehead atoms. The zero-order valence-electron chi connectivity index (χ0n) is 23.7. The first-order valence-electron chi connectivity index (χ1n) is 14.2. The smallest absolute Gasteiger partial charge is 0.303 e. The number of fused-ring (bicyclic) bond motifs is 7. The minimum atomic E-state index is -2.24. The molecule has 1 saturated heterocycles. The van der Waals surface area contributed by atoms with Crippen LogP contribution in [0.2, 0.25) is 5.02 Å². The first-order valence-corrected chi connectivity index (χ1v) is 15.6. The van der Waals surface area contributed by atoms with Crippen LogP contribution in [0.25, 0.3) is 0 Å². The highest BCUT2D eigenvalue weighted by molar-refractivity contribution is 8.13. The van der Waals surface area contributed by atoms with E-state index in [1.54, 1.807) is 24.1 Å². The van der Waals surface area contributed by atoms with E-state index in [1.165, 1.54) is 19.1 Å². The number of allylic oxidation sites excluding steroid dienone is 4. The molecule has 0 spiro atoms. The molecule has 8 atom stereocenters. The van der Waals surface area contributed by atoms with Crippen LogP contribution in [-0.2, 0) is 30.5 Å². The van der Waals surface area contributed by atoms with Gasteiger partial charge >= 0.3 is 5.97 Å². The molecule has 3 fully saturated rings. The number of hydroxylamine groups is 2. The van der Waals surface area contributed by atoms with E-state index in [-0.39, 0.29) is 47.6 Å². The Hall–Kier alpha value is -2.11. The largest absolute Gasteiger partial charge is 0.454 e. The number of esters is 1. The van der Waals surface area contributed by atoms with Crippen molar-refractivity contribution in [2.45, 2.75) is 70.4 Å². The standard InChI is InChI=1S/C31H34ClF2NO6S/c1-17(36)40-16-42-27(39)31-19(15-35(41-31)14-18-4-6-20(32)7-5-18)10-22-23-12-25(33)24-11-21(37)8-9-28(24,2)30(23,34)26(38)13-29(22,31)3/h4-9,19,22-23,26,38H,10-16H2,1-3H3/t19-,22-,23-,26-,28-,29-,30-,31-/m0/s1. The van der Waals surface area contributed by atoms with E-state index in [0.29, 0.717) is 24.5 Å². The molecule has 1 heterocycles. The van der Waals surface area contributed by atoms with E-state index < -0.39 is 51.8 Å². The van der Waals surface area contributed by atoms with Crippen molar-refractivity contribution < 1.29 is 37.8 Å². The SMILES string of the molecule is CC(=O)OCSC(=O)[C@@]12ON(Cc3ccc(Cl)cc3)C[C@@H]1C[C@H]1[C@@H]3CC(F)=C4CC(=O)C=C[C@]4(C)[C@@]3(F)[C@@H](O)C[C@@]12C. The van der Waals surface area contributed by atoms with Crippen LogP contribution in [0, 0.1) is 28.6 Å². The Morgan fingerprint density at radius 2 is 1.95 bits per heavy atom. The number of nitrogens with zero attached hydrogens (tertiary/aromatic N) is 1. The van der Waals surface area contributed by atoms with Crippen LogP contribution in [0.5, 0.6) is 0 Å². The van der Waals surface area contributed by atoms with Gasteiger partial charge in [0.05, 0.1) is 6.10 Å². The number of aliphatic hydroxyl groups is 1. The van der Waals surface area contributed by atoms with E-state index >= 15 is 8.78 Å². The number of hydrogen-bond acceptors (Lipinski definition) is 8. The Morgan fingerprint density at radius 3 is 2.64 bits per heavy atom. The summed E-state index contributed by atoms with van der Waals surface area (Å²) < 4.78 is 38.5. The van der Waals surface area contributed by atoms with Crippen LogP contribution in [0.1, 0.15) is 52.0 Å². The molecule has 6 rings (SSSR count). The van der Waals surface area contributed by atoms with Gasteiger partial charge in [-0.25, -0.2) is 8.78 Å². The number of hydrogen-bond donors (Lipinski definition) is 1. The van der Waals surface area contributed by atoms with Crippen molar-refractivity contribution in [2.75, 3.05) is 12.5 Å². The van der Waals surface area contributed by atoms with E-state index in [2.05, 4.69) is 0 Å². The minimum absolute atomic E-state index is 0.0951. The maximum Gasteiger partial charge on any atom is 0.303 e. The second-order valence-electron chi connectivity index (χ2n) is 12.8. The second kappa shape index (κ2) is 10.2. The molecule has 42 heavy (non-hydrogen) atoms. The lowest BCUT2D eigenvalue weighted by atomic mass is 9.45. The third-order valence-electron chi connectivity index (χ3n) is 10.7. The summed E-state index contributed by atoms with van der Waals surface area (Å²) in [6.07, 6.45) is 0.976. The molecule has 0 radical (unpaired) electrons. The van der Waals surface area contributed by atoms with Crippen LogP contribution in [-0.4, -0.2) is 56.9 Å². The van der Waals surface area contributed by atoms with Crippen molar-refractivity contribution in [3.05, 3.63) is 58.4 Å². The van der Waals surface area contributed by atoms with Gasteiger partial charge in [-0.1, -0.05) is 36.7 Å². The van der Waals surface area contributed by atoms with E-state index in [1.807, 2.05) is 19.1 Å². The van der Waals surface area contributed by atoms with Crippen molar-refractivity contribution in [3.63, 3.8) is 0 Å². The van der Waals surface area contributed by atoms with Gasteiger partial charge in [0.1, 0.15) is 11.8 Å². The number of thioether (sulfide) groups is 1. The molecule has 2 saturated carbocycles. The predicted molar refractivity (Wildman–Crippen MR) is 152 cm³/mol. The number of rotatable bonds is 5. The number of alkyl halides is 1. The summed E-state index contributed by atoms with van der Waals surface area (Å²) in [7, 11) is 0. The minimum Gasteiger partial charge on any atom is -0.454 e. The molecular formula is C31H34ClF2NO6S. The average molecular weight is 622 g/mol. The lowest BCUT2D eigenvalue weighted by Gasteiger charge is -2.62. The first-order chi connectivity index (χ1) is 19.8. The lowest BCUT2D eigenvalue weighted by molar-refractivity contribution is -0.263.